The first-order chi connectivity index (χ1) is 19.5. The lowest BCUT2D eigenvalue weighted by Gasteiger charge is -2.58. The van der Waals surface area contributed by atoms with Gasteiger partial charge in [-0.05, 0) is 55.6 Å². The van der Waals surface area contributed by atoms with Crippen LogP contribution in [0.3, 0.4) is 0 Å². The lowest BCUT2D eigenvalue weighted by Crippen LogP contribution is -2.58. The number of piperidine rings is 1. The minimum absolute atomic E-state index is 0.0331. The van der Waals surface area contributed by atoms with Crippen LogP contribution in [-0.4, -0.2) is 71.9 Å². The zero-order valence-electron chi connectivity index (χ0n) is 24.3. The molecule has 5 atom stereocenters. The van der Waals surface area contributed by atoms with E-state index in [0.717, 1.165) is 22.7 Å². The van der Waals surface area contributed by atoms with E-state index in [4.69, 9.17) is 20.2 Å². The van der Waals surface area contributed by atoms with Crippen LogP contribution in [0.2, 0.25) is 0 Å². The second kappa shape index (κ2) is 11.4. The van der Waals surface area contributed by atoms with E-state index in [0.29, 0.717) is 55.4 Å². The highest BCUT2D eigenvalue weighted by Crippen LogP contribution is 2.63. The van der Waals surface area contributed by atoms with Crippen molar-refractivity contribution in [3.63, 3.8) is 0 Å². The number of carbonyl (C=O) groups excluding carboxylic acids is 2. The monoisotopic (exact) mass is 586 g/mol. The lowest BCUT2D eigenvalue weighted by atomic mass is 9.47. The fourth-order valence-corrected chi connectivity index (χ4v) is 8.52. The highest BCUT2D eigenvalue weighted by atomic mass is 32.1. The average molecular weight is 587 g/mol. The fraction of sp³-hybridized carbons (Fsp3) is 0.633. The summed E-state index contributed by atoms with van der Waals surface area (Å²) < 4.78 is 11.0. The third kappa shape index (κ3) is 5.28. The third-order valence-electron chi connectivity index (χ3n) is 10.2. The Morgan fingerprint density at radius 2 is 1.93 bits per heavy atom. The summed E-state index contributed by atoms with van der Waals surface area (Å²) in [6, 6.07) is 5.52. The van der Waals surface area contributed by atoms with E-state index in [-0.39, 0.29) is 48.0 Å². The Bertz CT molecular complexity index is 1290. The average Bonchev–Trinajstić information content (AvgIpc) is 3.38. The Balaban J connectivity index is 1.49. The van der Waals surface area contributed by atoms with Gasteiger partial charge in [0.15, 0.2) is 5.13 Å². The number of methoxy groups -OCH3 is 2. The molecule has 1 aromatic carbocycles. The van der Waals surface area contributed by atoms with Crippen molar-refractivity contribution in [3.8, 4) is 11.5 Å². The summed E-state index contributed by atoms with van der Waals surface area (Å²) in [7, 11) is 3.22. The first-order valence-electron chi connectivity index (χ1n) is 14.4. The van der Waals surface area contributed by atoms with Crippen LogP contribution in [-0.2, 0) is 16.0 Å². The van der Waals surface area contributed by atoms with Gasteiger partial charge >= 0.3 is 0 Å². The number of anilines is 2. The van der Waals surface area contributed by atoms with Gasteiger partial charge in [-0.3, -0.25) is 9.59 Å². The summed E-state index contributed by atoms with van der Waals surface area (Å²) in [5.41, 5.74) is 6.11. The molecule has 5 N–H and O–H groups in total. The smallest absolute Gasteiger partial charge is 0.223 e. The van der Waals surface area contributed by atoms with E-state index in [1.165, 1.54) is 0 Å². The summed E-state index contributed by atoms with van der Waals surface area (Å²) in [6.45, 7) is 5.07. The van der Waals surface area contributed by atoms with Gasteiger partial charge in [-0.25, -0.2) is 4.98 Å². The summed E-state index contributed by atoms with van der Waals surface area (Å²) in [5, 5.41) is 25.7. The molecule has 2 fully saturated rings. The van der Waals surface area contributed by atoms with Crippen LogP contribution >= 0.6 is 11.3 Å². The van der Waals surface area contributed by atoms with Crippen molar-refractivity contribution in [3.05, 3.63) is 28.8 Å². The summed E-state index contributed by atoms with van der Waals surface area (Å²) >= 11 is 1.54. The van der Waals surface area contributed by atoms with Crippen molar-refractivity contribution >= 4 is 34.0 Å². The lowest BCUT2D eigenvalue weighted by molar-refractivity contribution is -0.148. The number of aromatic nitrogens is 1. The number of nitrogens with one attached hydrogen (secondary N) is 1. The molecule has 11 heteroatoms. The molecule has 2 amide bonds. The number of nitrogens with zero attached hydrogens (tertiary/aromatic N) is 2. The number of rotatable bonds is 8. The molecule has 10 nitrogen and oxygen atoms in total. The minimum atomic E-state index is -0.695. The topological polar surface area (TPSA) is 147 Å². The molecule has 1 aliphatic heterocycles. The molecule has 2 heterocycles. The highest BCUT2D eigenvalue weighted by molar-refractivity contribution is 7.15. The molecular formula is C30H42N4O6S. The molecule has 1 saturated carbocycles. The Morgan fingerprint density at radius 1 is 1.20 bits per heavy atom. The number of ether oxygens (including phenoxy) is 2. The molecule has 0 spiro atoms. The molecule has 2 aromatic rings. The standard InChI is InChI=1S/C30H42N4O6S/c1-29-10-7-24(36)30(2,16-35)23(29)15-22-26(19(29)14-25(37)34-11-8-17(9-12-34)27(31)38)33-28(41-22)32-20-13-18(39-3)5-6-21(20)40-4/h5-6,13,17,19,23-24,35-36H,7-12,14-16H2,1-4H3,(H2,31,38)(H,32,33)/t19-,23+,24-,29+,30+/m1/s1. The Labute approximate surface area is 245 Å². The van der Waals surface area contributed by atoms with Crippen LogP contribution < -0.4 is 20.5 Å². The summed E-state index contributed by atoms with van der Waals surface area (Å²) in [6.07, 6.45) is 2.79. The number of primary amides is 1. The van der Waals surface area contributed by atoms with Crippen LogP contribution in [0.15, 0.2) is 18.2 Å². The molecule has 1 aromatic heterocycles. The Hall–Kier alpha value is -2.89. The van der Waals surface area contributed by atoms with Gasteiger partial charge in [0, 0.05) is 47.7 Å². The van der Waals surface area contributed by atoms with E-state index in [1.807, 2.05) is 30.0 Å². The van der Waals surface area contributed by atoms with E-state index in [1.54, 1.807) is 25.6 Å². The van der Waals surface area contributed by atoms with Crippen LogP contribution in [0, 0.1) is 22.7 Å². The maximum Gasteiger partial charge on any atom is 0.223 e. The van der Waals surface area contributed by atoms with Gasteiger partial charge in [-0.15, -0.1) is 11.3 Å². The molecule has 0 unspecified atom stereocenters. The van der Waals surface area contributed by atoms with E-state index in [9.17, 15) is 19.8 Å². The van der Waals surface area contributed by atoms with Crippen molar-refractivity contribution in [2.45, 2.75) is 64.4 Å². The second-order valence-electron chi connectivity index (χ2n) is 12.3. The highest BCUT2D eigenvalue weighted by Gasteiger charge is 2.59. The van der Waals surface area contributed by atoms with Crippen LogP contribution in [0.4, 0.5) is 10.8 Å². The van der Waals surface area contributed by atoms with Gasteiger partial charge in [0.1, 0.15) is 11.5 Å². The zero-order chi connectivity index (χ0) is 29.5. The predicted octanol–water partition coefficient (Wildman–Crippen LogP) is 3.43. The number of hydrogen-bond acceptors (Lipinski definition) is 9. The maximum absolute atomic E-state index is 13.8. The van der Waals surface area contributed by atoms with E-state index in [2.05, 4.69) is 12.2 Å². The number of aliphatic hydroxyl groups is 2. The number of thiazole rings is 1. The van der Waals surface area contributed by atoms with E-state index < -0.39 is 11.5 Å². The van der Waals surface area contributed by atoms with Gasteiger partial charge in [0.2, 0.25) is 11.8 Å². The SMILES string of the molecule is COc1ccc(OC)c(Nc2nc3c(s2)C[C@@H]2[C@](C)(CO)[C@H](O)CC[C@@]2(C)[C@@H]3CC(=O)N2CCC(C(N)=O)CC2)c1. The summed E-state index contributed by atoms with van der Waals surface area (Å²) in [4.78, 5) is 33.4. The van der Waals surface area contributed by atoms with Gasteiger partial charge in [0.25, 0.3) is 0 Å². The second-order valence-corrected chi connectivity index (χ2v) is 13.4. The Kier molecular flexibility index (Phi) is 8.24. The van der Waals surface area contributed by atoms with Crippen molar-refractivity contribution in [1.82, 2.24) is 9.88 Å². The molecule has 0 radical (unpaired) electrons. The first-order valence-corrected chi connectivity index (χ1v) is 15.2. The predicted molar refractivity (Wildman–Crippen MR) is 157 cm³/mol. The Morgan fingerprint density at radius 3 is 2.56 bits per heavy atom. The molecule has 3 aliphatic rings. The maximum atomic E-state index is 13.8. The van der Waals surface area contributed by atoms with Crippen LogP contribution in [0.5, 0.6) is 11.5 Å². The minimum Gasteiger partial charge on any atom is -0.497 e. The number of aliphatic hydroxyl groups excluding tert-OH is 2. The number of likely N-dealkylation sites (tertiary alicyclic amines) is 1. The zero-order valence-corrected chi connectivity index (χ0v) is 25.1. The fourth-order valence-electron chi connectivity index (χ4n) is 7.44. The van der Waals surface area contributed by atoms with Gasteiger partial charge < -0.3 is 35.6 Å². The molecule has 2 aliphatic carbocycles. The quantitative estimate of drug-likeness (QED) is 0.368. The number of nitrogens with two attached hydrogens (primary N) is 1. The molecule has 0 bridgehead atoms. The molecule has 5 rings (SSSR count). The van der Waals surface area contributed by atoms with Crippen LogP contribution in [0.1, 0.15) is 62.4 Å². The van der Waals surface area contributed by atoms with Gasteiger partial charge in [-0.2, -0.15) is 0 Å². The largest absolute Gasteiger partial charge is 0.497 e. The van der Waals surface area contributed by atoms with Crippen molar-refractivity contribution in [2.75, 3.05) is 39.2 Å². The molecule has 1 saturated heterocycles. The summed E-state index contributed by atoms with van der Waals surface area (Å²) in [5.74, 6) is 0.673. The van der Waals surface area contributed by atoms with Gasteiger partial charge in [-0.1, -0.05) is 13.8 Å². The molecular weight excluding hydrogens is 544 g/mol. The van der Waals surface area contributed by atoms with Crippen molar-refractivity contribution in [1.29, 1.82) is 0 Å². The van der Waals surface area contributed by atoms with Gasteiger partial charge in [0.05, 0.1) is 38.3 Å². The molecule has 224 valence electrons. The third-order valence-corrected chi connectivity index (χ3v) is 11.2. The number of amides is 2. The normalized spacial score (nSPS) is 29.8. The van der Waals surface area contributed by atoms with Crippen LogP contribution in [0.25, 0.3) is 0 Å². The van der Waals surface area contributed by atoms with Crippen molar-refractivity contribution < 1.29 is 29.3 Å². The first kappa shape index (κ1) is 29.6. The number of carbonyl (C=O) groups is 2. The number of benzene rings is 1. The number of fused-ring (bicyclic) bond motifs is 2. The molecule has 41 heavy (non-hydrogen) atoms. The van der Waals surface area contributed by atoms with E-state index >= 15 is 0 Å². The number of hydrogen-bond donors (Lipinski definition) is 4. The van der Waals surface area contributed by atoms with Crippen molar-refractivity contribution in [2.24, 2.45) is 28.4 Å².